The molecule has 1 saturated heterocycles. The van der Waals surface area contributed by atoms with Gasteiger partial charge in [-0.25, -0.2) is 4.79 Å². The molecule has 1 aliphatic heterocycles. The molecule has 0 bridgehead atoms. The summed E-state index contributed by atoms with van der Waals surface area (Å²) in [6.07, 6.45) is 0.0222. The molecule has 10 nitrogen and oxygen atoms in total. The van der Waals surface area contributed by atoms with Crippen molar-refractivity contribution in [2.45, 2.75) is 12.8 Å². The summed E-state index contributed by atoms with van der Waals surface area (Å²) in [5.41, 5.74) is 8.00. The Balaban J connectivity index is 2.17. The van der Waals surface area contributed by atoms with E-state index in [0.29, 0.717) is 16.8 Å². The lowest BCUT2D eigenvalue weighted by Gasteiger charge is -2.11. The van der Waals surface area contributed by atoms with E-state index in [9.17, 15) is 19.2 Å². The minimum absolute atomic E-state index is 0.0111. The van der Waals surface area contributed by atoms with E-state index in [1.165, 1.54) is 0 Å². The molecule has 1 rings (SSSR count). The van der Waals surface area contributed by atoms with Gasteiger partial charge in [0.05, 0.1) is 6.61 Å². The van der Waals surface area contributed by atoms with Gasteiger partial charge >= 0.3 is 5.97 Å². The second kappa shape index (κ2) is 8.95. The number of hydroxylamine groups is 2. The van der Waals surface area contributed by atoms with E-state index >= 15 is 0 Å². The Labute approximate surface area is 123 Å². The molecule has 114 valence electrons. The summed E-state index contributed by atoms with van der Waals surface area (Å²) < 4.78 is 4.89. The van der Waals surface area contributed by atoms with Crippen LogP contribution in [-0.2, 0) is 28.8 Å². The highest BCUT2D eigenvalue weighted by Gasteiger charge is 2.32. The molecule has 0 aromatic rings. The fourth-order valence-corrected chi connectivity index (χ4v) is 1.77. The van der Waals surface area contributed by atoms with Crippen LogP contribution < -0.4 is 0 Å². The van der Waals surface area contributed by atoms with Gasteiger partial charge < -0.3 is 9.57 Å². The summed E-state index contributed by atoms with van der Waals surface area (Å²) in [4.78, 5) is 52.1. The minimum Gasteiger partial charge on any atom is -0.373 e. The normalized spacial score (nSPS) is 14.0. The Morgan fingerprint density at radius 3 is 2.62 bits per heavy atom. The van der Waals surface area contributed by atoms with Gasteiger partial charge in [-0.05, 0) is 5.53 Å². The number of azide groups is 1. The fraction of sp³-hybridized carbons (Fsp3) is 0.600. The van der Waals surface area contributed by atoms with Gasteiger partial charge in [-0.15, -0.1) is 5.06 Å². The van der Waals surface area contributed by atoms with E-state index in [-0.39, 0.29) is 38.4 Å². The number of rotatable bonds is 8. The van der Waals surface area contributed by atoms with Crippen LogP contribution in [0.5, 0.6) is 0 Å². The molecular weight excluding hydrogens is 304 g/mol. The van der Waals surface area contributed by atoms with Crippen LogP contribution in [0, 0.1) is 0 Å². The molecular formula is C10H12N4O6S. The zero-order valence-corrected chi connectivity index (χ0v) is 11.7. The number of hydrogen-bond acceptors (Lipinski definition) is 8. The van der Waals surface area contributed by atoms with Crippen LogP contribution in [-0.4, -0.2) is 53.5 Å². The van der Waals surface area contributed by atoms with Crippen molar-refractivity contribution in [2.75, 3.05) is 25.5 Å². The van der Waals surface area contributed by atoms with E-state index in [0.717, 1.165) is 0 Å². The van der Waals surface area contributed by atoms with E-state index in [1.807, 2.05) is 0 Å². The molecule has 0 unspecified atom stereocenters. The van der Waals surface area contributed by atoms with Crippen molar-refractivity contribution in [3.63, 3.8) is 0 Å². The lowest BCUT2D eigenvalue weighted by atomic mass is 10.4. The van der Waals surface area contributed by atoms with Gasteiger partial charge in [-0.3, -0.25) is 14.4 Å². The van der Waals surface area contributed by atoms with Crippen molar-refractivity contribution in [3.05, 3.63) is 10.4 Å². The first kappa shape index (κ1) is 17.0. The zero-order chi connectivity index (χ0) is 15.7. The van der Waals surface area contributed by atoms with Crippen LogP contribution >= 0.6 is 11.8 Å². The summed E-state index contributed by atoms with van der Waals surface area (Å²) in [6, 6.07) is 0. The summed E-state index contributed by atoms with van der Waals surface area (Å²) >= 11 is 0.643. The first-order valence-corrected chi connectivity index (χ1v) is 6.84. The molecule has 1 fully saturated rings. The molecule has 0 radical (unpaired) electrons. The first-order chi connectivity index (χ1) is 10.0. The number of carbonyl (C=O) groups is 4. The van der Waals surface area contributed by atoms with Gasteiger partial charge in [-0.1, -0.05) is 16.9 Å². The van der Waals surface area contributed by atoms with Crippen LogP contribution in [0.1, 0.15) is 12.8 Å². The monoisotopic (exact) mass is 316 g/mol. The quantitative estimate of drug-likeness (QED) is 0.204. The topological polar surface area (TPSA) is 139 Å². The average Bonchev–Trinajstić information content (AvgIpc) is 2.77. The van der Waals surface area contributed by atoms with Crippen LogP contribution in [0.4, 0.5) is 0 Å². The van der Waals surface area contributed by atoms with Gasteiger partial charge in [-0.2, -0.15) is 0 Å². The number of nitrogens with zero attached hydrogens (tertiary/aromatic N) is 4. The van der Waals surface area contributed by atoms with Gasteiger partial charge in [0.25, 0.3) is 11.8 Å². The Morgan fingerprint density at radius 1 is 1.33 bits per heavy atom. The number of thioether (sulfide) groups is 1. The molecule has 0 aliphatic carbocycles. The van der Waals surface area contributed by atoms with Gasteiger partial charge in [0.2, 0.25) is 5.12 Å². The predicted molar refractivity (Wildman–Crippen MR) is 69.5 cm³/mol. The first-order valence-electron chi connectivity index (χ1n) is 5.85. The van der Waals surface area contributed by atoms with Crippen LogP contribution in [0.15, 0.2) is 5.11 Å². The number of ether oxygens (including phenoxy) is 1. The fourth-order valence-electron chi connectivity index (χ4n) is 1.27. The highest BCUT2D eigenvalue weighted by Crippen LogP contribution is 2.13. The van der Waals surface area contributed by atoms with Gasteiger partial charge in [0.15, 0.2) is 0 Å². The van der Waals surface area contributed by atoms with Gasteiger partial charge in [0.1, 0.15) is 12.4 Å². The Morgan fingerprint density at radius 2 is 2.00 bits per heavy atom. The summed E-state index contributed by atoms with van der Waals surface area (Å²) in [5.74, 6) is -2.36. The number of carbonyl (C=O) groups excluding carboxylic acids is 4. The molecule has 0 aromatic carbocycles. The third kappa shape index (κ3) is 6.25. The van der Waals surface area contributed by atoms with Crippen molar-refractivity contribution in [3.8, 4) is 0 Å². The van der Waals surface area contributed by atoms with Crippen molar-refractivity contribution in [1.29, 1.82) is 0 Å². The Hall–Kier alpha value is -2.10. The van der Waals surface area contributed by atoms with Gasteiger partial charge in [0, 0.05) is 24.3 Å². The maximum Gasteiger partial charge on any atom is 0.343 e. The molecule has 0 atom stereocenters. The lowest BCUT2D eigenvalue weighted by molar-refractivity contribution is -0.195. The predicted octanol–water partition coefficient (Wildman–Crippen LogP) is 0.180. The highest BCUT2D eigenvalue weighted by atomic mass is 32.2. The van der Waals surface area contributed by atoms with E-state index in [2.05, 4.69) is 14.9 Å². The zero-order valence-electron chi connectivity index (χ0n) is 10.9. The number of amides is 2. The molecule has 0 aromatic heterocycles. The largest absolute Gasteiger partial charge is 0.373 e. The maximum atomic E-state index is 11.4. The van der Waals surface area contributed by atoms with Crippen molar-refractivity contribution < 1.29 is 28.8 Å². The lowest BCUT2D eigenvalue weighted by Crippen LogP contribution is -2.32. The molecule has 0 spiro atoms. The smallest absolute Gasteiger partial charge is 0.343 e. The average molecular weight is 316 g/mol. The molecule has 2 amide bonds. The van der Waals surface area contributed by atoms with Crippen molar-refractivity contribution in [2.24, 2.45) is 5.11 Å². The summed E-state index contributed by atoms with van der Waals surface area (Å²) in [6.45, 7) is -0.0479. The molecule has 0 saturated carbocycles. The van der Waals surface area contributed by atoms with Crippen LogP contribution in [0.25, 0.3) is 10.4 Å². The Kier molecular flexibility index (Phi) is 7.23. The minimum atomic E-state index is -0.869. The Bertz CT molecular complexity index is 474. The molecule has 1 heterocycles. The standard InChI is InChI=1S/C10H12N4O6S/c11-13-12-3-4-19-5-10(18)21-6-9(17)20-14-7(15)1-2-8(14)16/h1-6H2. The van der Waals surface area contributed by atoms with E-state index in [1.54, 1.807) is 0 Å². The third-order valence-electron chi connectivity index (χ3n) is 2.17. The summed E-state index contributed by atoms with van der Waals surface area (Å²) in [5, 5.41) is 3.20. The van der Waals surface area contributed by atoms with Crippen LogP contribution in [0.2, 0.25) is 0 Å². The molecule has 21 heavy (non-hydrogen) atoms. The summed E-state index contributed by atoms with van der Waals surface area (Å²) in [7, 11) is 0. The van der Waals surface area contributed by atoms with E-state index < -0.39 is 22.9 Å². The number of imide groups is 1. The molecule has 0 N–H and O–H groups in total. The highest BCUT2D eigenvalue weighted by molar-refractivity contribution is 8.14. The maximum absolute atomic E-state index is 11.4. The van der Waals surface area contributed by atoms with Crippen molar-refractivity contribution >= 4 is 34.7 Å². The van der Waals surface area contributed by atoms with Crippen LogP contribution in [0.3, 0.4) is 0 Å². The molecule has 1 aliphatic rings. The van der Waals surface area contributed by atoms with E-state index in [4.69, 9.17) is 10.3 Å². The second-order valence-corrected chi connectivity index (χ2v) is 4.75. The SMILES string of the molecule is [N-]=[N+]=NCCOCC(=O)SCC(=O)ON1C(=O)CCC1=O. The second-order valence-electron chi connectivity index (χ2n) is 3.71. The molecule has 11 heteroatoms. The third-order valence-corrected chi connectivity index (χ3v) is 2.99. The van der Waals surface area contributed by atoms with Crippen molar-refractivity contribution in [1.82, 2.24) is 5.06 Å². The number of hydrogen-bond donors (Lipinski definition) is 0.